The number of allylic oxidation sites excluding steroid dienone is 1. The number of amides is 3. The standard InChI is InChI=1S/C18H22ClN5O4S/c19-15-4-3-14(29-15)17(26)22-8-11-9-24(18(27)28-11)10-1-2-12(21)13(7-10)23-16(25)5-6-20/h1-2,4,7,11,14H,3,5-6,8-9,20-21H2,(H,22,26)(H,23,25). The summed E-state index contributed by atoms with van der Waals surface area (Å²) < 4.78 is 5.96. The first-order chi connectivity index (χ1) is 13.9. The number of cyclic esters (lactones) is 1. The molecule has 6 N–H and O–H groups in total. The summed E-state index contributed by atoms with van der Waals surface area (Å²) in [6, 6.07) is 4.87. The van der Waals surface area contributed by atoms with Gasteiger partial charge in [-0.05, 0) is 24.6 Å². The molecular formula is C18H22ClN5O4S. The smallest absolute Gasteiger partial charge is 0.414 e. The molecule has 0 aliphatic carbocycles. The summed E-state index contributed by atoms with van der Waals surface area (Å²) in [7, 11) is 0. The Hall–Kier alpha value is -2.43. The van der Waals surface area contributed by atoms with Gasteiger partial charge in [0.05, 0.1) is 34.1 Å². The number of benzene rings is 1. The second-order valence-corrected chi connectivity index (χ2v) is 8.45. The van der Waals surface area contributed by atoms with Crippen molar-refractivity contribution >= 4 is 58.3 Å². The van der Waals surface area contributed by atoms with Crippen LogP contribution in [-0.2, 0) is 14.3 Å². The predicted molar refractivity (Wildman–Crippen MR) is 114 cm³/mol. The second-order valence-electron chi connectivity index (χ2n) is 6.57. The van der Waals surface area contributed by atoms with E-state index in [4.69, 9.17) is 27.8 Å². The average Bonchev–Trinajstić information content (AvgIpc) is 3.27. The lowest BCUT2D eigenvalue weighted by molar-refractivity contribution is -0.121. The second kappa shape index (κ2) is 9.38. The van der Waals surface area contributed by atoms with Crippen LogP contribution in [0.25, 0.3) is 0 Å². The first-order valence-electron chi connectivity index (χ1n) is 9.05. The molecule has 3 amide bonds. The maximum Gasteiger partial charge on any atom is 0.414 e. The summed E-state index contributed by atoms with van der Waals surface area (Å²) >= 11 is 7.19. The Balaban J connectivity index is 1.58. The molecule has 156 valence electrons. The zero-order chi connectivity index (χ0) is 21.0. The molecule has 1 fully saturated rings. The fraction of sp³-hybridized carbons (Fsp3) is 0.389. The van der Waals surface area contributed by atoms with Crippen LogP contribution in [-0.4, -0.2) is 48.9 Å². The van der Waals surface area contributed by atoms with Gasteiger partial charge in [-0.15, -0.1) is 11.8 Å². The molecule has 29 heavy (non-hydrogen) atoms. The van der Waals surface area contributed by atoms with Crippen LogP contribution < -0.4 is 27.0 Å². The first kappa shape index (κ1) is 21.3. The van der Waals surface area contributed by atoms with Crippen LogP contribution in [0.3, 0.4) is 0 Å². The van der Waals surface area contributed by atoms with Crippen LogP contribution in [0.4, 0.5) is 21.9 Å². The molecular weight excluding hydrogens is 418 g/mol. The third kappa shape index (κ3) is 5.34. The van der Waals surface area contributed by atoms with Crippen LogP contribution in [0.2, 0.25) is 0 Å². The molecule has 1 aromatic rings. The van der Waals surface area contributed by atoms with E-state index in [1.807, 2.05) is 0 Å². The van der Waals surface area contributed by atoms with Crippen molar-refractivity contribution in [3.63, 3.8) is 0 Å². The zero-order valence-electron chi connectivity index (χ0n) is 15.5. The molecule has 0 bridgehead atoms. The summed E-state index contributed by atoms with van der Waals surface area (Å²) in [6.07, 6.45) is 1.52. The molecule has 2 atom stereocenters. The molecule has 0 spiro atoms. The number of carbonyl (C=O) groups is 3. The van der Waals surface area contributed by atoms with Gasteiger partial charge in [0.1, 0.15) is 6.10 Å². The van der Waals surface area contributed by atoms with Gasteiger partial charge in [-0.3, -0.25) is 14.5 Å². The number of nitrogens with two attached hydrogens (primary N) is 2. The fourth-order valence-corrected chi connectivity index (χ4v) is 4.18. The predicted octanol–water partition coefficient (Wildman–Crippen LogP) is 1.58. The molecule has 2 aliphatic rings. The van der Waals surface area contributed by atoms with E-state index in [9.17, 15) is 14.4 Å². The van der Waals surface area contributed by atoms with Crippen LogP contribution in [0.5, 0.6) is 0 Å². The molecule has 2 heterocycles. The van der Waals surface area contributed by atoms with Crippen molar-refractivity contribution in [2.45, 2.75) is 24.2 Å². The lowest BCUT2D eigenvalue weighted by Crippen LogP contribution is -2.38. The van der Waals surface area contributed by atoms with Gasteiger partial charge in [0.25, 0.3) is 0 Å². The maximum atomic E-state index is 12.3. The Morgan fingerprint density at radius 3 is 2.86 bits per heavy atom. The van der Waals surface area contributed by atoms with E-state index >= 15 is 0 Å². The van der Waals surface area contributed by atoms with Crippen molar-refractivity contribution in [2.75, 3.05) is 35.6 Å². The lowest BCUT2D eigenvalue weighted by atomic mass is 10.2. The van der Waals surface area contributed by atoms with Gasteiger partial charge in [-0.2, -0.15) is 0 Å². The highest BCUT2D eigenvalue weighted by Crippen LogP contribution is 2.34. The minimum Gasteiger partial charge on any atom is -0.442 e. The number of hydrogen-bond acceptors (Lipinski definition) is 7. The highest BCUT2D eigenvalue weighted by atomic mass is 35.5. The number of nitrogens with one attached hydrogen (secondary N) is 2. The topological polar surface area (TPSA) is 140 Å². The van der Waals surface area contributed by atoms with Crippen molar-refractivity contribution in [2.24, 2.45) is 5.73 Å². The largest absolute Gasteiger partial charge is 0.442 e. The molecule has 0 radical (unpaired) electrons. The number of rotatable bonds is 7. The van der Waals surface area contributed by atoms with E-state index in [-0.39, 0.29) is 43.1 Å². The molecule has 1 aromatic carbocycles. The van der Waals surface area contributed by atoms with Crippen LogP contribution in [0.1, 0.15) is 12.8 Å². The summed E-state index contributed by atoms with van der Waals surface area (Å²) in [6.45, 7) is 0.680. The van der Waals surface area contributed by atoms with E-state index in [0.717, 1.165) is 0 Å². The van der Waals surface area contributed by atoms with Crippen molar-refractivity contribution in [1.82, 2.24) is 5.32 Å². The first-order valence-corrected chi connectivity index (χ1v) is 10.3. The number of nitrogen functional groups attached to an aromatic ring is 1. The molecule has 0 saturated carbocycles. The van der Waals surface area contributed by atoms with Gasteiger partial charge < -0.3 is 26.8 Å². The summed E-state index contributed by atoms with van der Waals surface area (Å²) in [5.41, 5.74) is 12.6. The Morgan fingerprint density at radius 1 is 1.38 bits per heavy atom. The number of halogens is 1. The van der Waals surface area contributed by atoms with Crippen LogP contribution in [0.15, 0.2) is 28.6 Å². The van der Waals surface area contributed by atoms with Gasteiger partial charge in [-0.1, -0.05) is 17.7 Å². The van der Waals surface area contributed by atoms with Gasteiger partial charge >= 0.3 is 6.09 Å². The molecule has 1 saturated heterocycles. The monoisotopic (exact) mass is 439 g/mol. The van der Waals surface area contributed by atoms with Crippen molar-refractivity contribution in [3.05, 3.63) is 28.6 Å². The Bertz CT molecular complexity index is 850. The Kier molecular flexibility index (Phi) is 6.88. The van der Waals surface area contributed by atoms with Crippen LogP contribution in [0, 0.1) is 0 Å². The normalized spacial score (nSPS) is 21.0. The average molecular weight is 440 g/mol. The highest BCUT2D eigenvalue weighted by molar-refractivity contribution is 8.06. The van der Waals surface area contributed by atoms with E-state index in [2.05, 4.69) is 10.6 Å². The highest BCUT2D eigenvalue weighted by Gasteiger charge is 2.33. The summed E-state index contributed by atoms with van der Waals surface area (Å²) in [5.74, 6) is -0.408. The van der Waals surface area contributed by atoms with Gasteiger partial charge in [0.2, 0.25) is 11.8 Å². The number of thioether (sulfide) groups is 1. The number of ether oxygens (including phenoxy) is 1. The SMILES string of the molecule is NCCC(=O)Nc1cc(N2CC(CNC(=O)C3CC=C(Cl)S3)OC2=O)ccc1N. The molecule has 11 heteroatoms. The van der Waals surface area contributed by atoms with E-state index in [0.29, 0.717) is 27.8 Å². The zero-order valence-corrected chi connectivity index (χ0v) is 17.1. The molecule has 0 aromatic heterocycles. The van der Waals surface area contributed by atoms with E-state index in [1.165, 1.54) is 16.7 Å². The third-order valence-electron chi connectivity index (χ3n) is 4.41. The molecule has 9 nitrogen and oxygen atoms in total. The van der Waals surface area contributed by atoms with Crippen LogP contribution >= 0.6 is 23.4 Å². The van der Waals surface area contributed by atoms with Gasteiger partial charge in [-0.25, -0.2) is 4.79 Å². The Labute approximate surface area is 177 Å². The van der Waals surface area contributed by atoms with Crippen molar-refractivity contribution in [1.29, 1.82) is 0 Å². The Morgan fingerprint density at radius 2 is 2.17 bits per heavy atom. The summed E-state index contributed by atoms with van der Waals surface area (Å²) in [5, 5.41) is 5.22. The molecule has 2 unspecified atom stereocenters. The van der Waals surface area contributed by atoms with Gasteiger partial charge in [0, 0.05) is 18.7 Å². The number of hydrogen-bond donors (Lipinski definition) is 4. The third-order valence-corrected chi connectivity index (χ3v) is 5.92. The minimum absolute atomic E-state index is 0.145. The maximum absolute atomic E-state index is 12.3. The lowest BCUT2D eigenvalue weighted by Gasteiger charge is -2.16. The number of anilines is 3. The van der Waals surface area contributed by atoms with E-state index in [1.54, 1.807) is 24.3 Å². The van der Waals surface area contributed by atoms with Gasteiger partial charge in [0.15, 0.2) is 0 Å². The molecule has 3 rings (SSSR count). The molecule has 2 aliphatic heterocycles. The number of nitrogens with zero attached hydrogens (tertiary/aromatic N) is 1. The van der Waals surface area contributed by atoms with E-state index < -0.39 is 12.2 Å². The number of carbonyl (C=O) groups excluding carboxylic acids is 3. The van der Waals surface area contributed by atoms with Crippen molar-refractivity contribution in [3.8, 4) is 0 Å². The van der Waals surface area contributed by atoms with Crippen molar-refractivity contribution < 1.29 is 19.1 Å². The quantitative estimate of drug-likeness (QED) is 0.473. The summed E-state index contributed by atoms with van der Waals surface area (Å²) in [4.78, 5) is 37.7. The fourth-order valence-electron chi connectivity index (χ4n) is 2.92. The minimum atomic E-state index is -0.534.